The summed E-state index contributed by atoms with van der Waals surface area (Å²) in [6.07, 6.45) is 9.69. The molecule has 2 aliphatic carbocycles. The highest BCUT2D eigenvalue weighted by molar-refractivity contribution is 7.90. The molecule has 6 rings (SSSR count). The number of nitrogens with zero attached hydrogens (tertiary/aromatic N) is 1. The normalized spacial score (nSPS) is 30.7. The second kappa shape index (κ2) is 14.2. The Balaban J connectivity index is 1.39. The van der Waals surface area contributed by atoms with Gasteiger partial charge in [-0.15, -0.1) is 0 Å². The number of anilines is 1. The number of hydrogen-bond donors (Lipinski definition) is 1. The smallest absolute Gasteiger partial charge is 0.264 e. The number of Topliss-reactive ketones (excluding diaryl/α,β-unsaturated/α-hetero) is 1. The molecule has 2 aromatic carbocycles. The lowest BCUT2D eigenvalue weighted by Gasteiger charge is -2.46. The van der Waals surface area contributed by atoms with Gasteiger partial charge < -0.3 is 14.4 Å². The Hall–Kier alpha value is -2.88. The highest BCUT2D eigenvalue weighted by Crippen LogP contribution is 2.47. The molecule has 1 fully saturated rings. The van der Waals surface area contributed by atoms with Crippen molar-refractivity contribution in [2.24, 2.45) is 23.7 Å². The van der Waals surface area contributed by atoms with E-state index >= 15 is 0 Å². The van der Waals surface area contributed by atoms with Crippen LogP contribution in [0.3, 0.4) is 0 Å². The third-order valence-corrected chi connectivity index (χ3v) is 13.2. The number of sulfonamides is 1. The number of amides is 1. The monoisotopic (exact) mass is 696 g/mol. The number of carbonyl (C=O) groups excluding carboxylic acids is 2. The molecule has 0 aromatic heterocycles. The van der Waals surface area contributed by atoms with Gasteiger partial charge in [0.2, 0.25) is 10.0 Å². The molecule has 2 heterocycles. The van der Waals surface area contributed by atoms with Crippen LogP contribution in [0.25, 0.3) is 0 Å². The molecular formula is C38H49ClN2O6S. The number of hydrogen-bond acceptors (Lipinski definition) is 7. The van der Waals surface area contributed by atoms with Crippen LogP contribution in [0, 0.1) is 23.7 Å². The van der Waals surface area contributed by atoms with Gasteiger partial charge in [0.25, 0.3) is 5.91 Å². The van der Waals surface area contributed by atoms with Gasteiger partial charge in [-0.1, -0.05) is 50.6 Å². The van der Waals surface area contributed by atoms with E-state index in [2.05, 4.69) is 21.8 Å². The highest BCUT2D eigenvalue weighted by atomic mass is 35.5. The summed E-state index contributed by atoms with van der Waals surface area (Å²) in [7, 11) is -3.96. The van der Waals surface area contributed by atoms with Crippen LogP contribution in [0.2, 0.25) is 5.02 Å². The van der Waals surface area contributed by atoms with Crippen LogP contribution < -0.4 is 14.4 Å². The lowest BCUT2D eigenvalue weighted by Crippen LogP contribution is -2.50. The maximum atomic E-state index is 13.5. The molecule has 1 amide bonds. The molecular weight excluding hydrogens is 648 g/mol. The van der Waals surface area contributed by atoms with E-state index < -0.39 is 21.2 Å². The summed E-state index contributed by atoms with van der Waals surface area (Å²) in [6, 6.07) is 11.4. The minimum Gasteiger partial charge on any atom is -0.490 e. The Labute approximate surface area is 290 Å². The maximum absolute atomic E-state index is 13.5. The van der Waals surface area contributed by atoms with Crippen LogP contribution in [-0.2, 0) is 31.4 Å². The van der Waals surface area contributed by atoms with Crippen molar-refractivity contribution in [2.45, 2.75) is 89.4 Å². The van der Waals surface area contributed by atoms with Crippen LogP contribution in [-0.4, -0.2) is 57.8 Å². The number of benzene rings is 2. The number of carbonyl (C=O) groups is 2. The first kappa shape index (κ1) is 35.0. The molecule has 2 aliphatic heterocycles. The van der Waals surface area contributed by atoms with Crippen molar-refractivity contribution in [2.75, 3.05) is 31.2 Å². The standard InChI is InChI=1S/C38H49ClN2O6S/c1-24(2)17-31(42)21-46-35-9-5-7-25(3)26(4)48(44,45)40-37(43)28-11-15-36-34(19-28)41(20-29-10-13-32(29)35)22-38(23-47-36)16-6-8-27-18-30(39)12-14-33(27)38/h5,9,11-12,14-15,18-19,24-26,29,32,35H,6-8,10,13,16-17,20-23H2,1-4H3,(H,40,43)/b9-5+/t25-,26+,29-,32+,35-,38-/m0/s1. The first-order chi connectivity index (χ1) is 22.8. The summed E-state index contributed by atoms with van der Waals surface area (Å²) < 4.78 is 42.1. The summed E-state index contributed by atoms with van der Waals surface area (Å²) in [6.45, 7) is 9.53. The Morgan fingerprint density at radius 3 is 2.73 bits per heavy atom. The molecule has 48 heavy (non-hydrogen) atoms. The Morgan fingerprint density at radius 1 is 1.17 bits per heavy atom. The van der Waals surface area contributed by atoms with Crippen molar-refractivity contribution in [1.29, 1.82) is 0 Å². The Kier molecular flexibility index (Phi) is 10.3. The van der Waals surface area contributed by atoms with Crippen LogP contribution in [0.4, 0.5) is 5.69 Å². The van der Waals surface area contributed by atoms with E-state index in [0.717, 1.165) is 49.4 Å². The van der Waals surface area contributed by atoms with Gasteiger partial charge in [0.15, 0.2) is 5.78 Å². The number of allylic oxidation sites excluding steroid dienone is 1. The van der Waals surface area contributed by atoms with Gasteiger partial charge in [0.1, 0.15) is 12.4 Å². The van der Waals surface area contributed by atoms with E-state index in [9.17, 15) is 18.0 Å². The molecule has 2 bridgehead atoms. The van der Waals surface area contributed by atoms with E-state index in [4.69, 9.17) is 21.1 Å². The van der Waals surface area contributed by atoms with Gasteiger partial charge >= 0.3 is 0 Å². The number of halogens is 1. The molecule has 1 saturated carbocycles. The fourth-order valence-corrected chi connectivity index (χ4v) is 9.50. The molecule has 4 aliphatic rings. The minimum absolute atomic E-state index is 0.0645. The Bertz CT molecular complexity index is 1670. The van der Waals surface area contributed by atoms with Crippen LogP contribution in [0.1, 0.15) is 87.7 Å². The topological polar surface area (TPSA) is 102 Å². The first-order valence-corrected chi connectivity index (χ1v) is 19.4. The van der Waals surface area contributed by atoms with Gasteiger partial charge in [-0.05, 0) is 111 Å². The van der Waals surface area contributed by atoms with E-state index in [1.54, 1.807) is 25.1 Å². The molecule has 1 spiro atoms. The van der Waals surface area contributed by atoms with Crippen LogP contribution >= 0.6 is 11.6 Å². The third-order valence-electron chi connectivity index (χ3n) is 11.1. The molecule has 1 N–H and O–H groups in total. The average molecular weight is 697 g/mol. The lowest BCUT2D eigenvalue weighted by molar-refractivity contribution is -0.127. The average Bonchev–Trinajstić information content (AvgIpc) is 3.17. The van der Waals surface area contributed by atoms with Crippen molar-refractivity contribution >= 4 is 39.0 Å². The van der Waals surface area contributed by atoms with Crippen LogP contribution in [0.15, 0.2) is 48.6 Å². The molecule has 2 aromatic rings. The number of nitrogens with one attached hydrogen (secondary N) is 1. The lowest BCUT2D eigenvalue weighted by atomic mass is 9.68. The molecule has 0 unspecified atom stereocenters. The largest absolute Gasteiger partial charge is 0.490 e. The second-order valence-electron chi connectivity index (χ2n) is 15.0. The highest BCUT2D eigenvalue weighted by Gasteiger charge is 2.44. The summed E-state index contributed by atoms with van der Waals surface area (Å²) in [4.78, 5) is 28.6. The van der Waals surface area contributed by atoms with E-state index in [1.165, 1.54) is 11.1 Å². The summed E-state index contributed by atoms with van der Waals surface area (Å²) >= 11 is 6.44. The summed E-state index contributed by atoms with van der Waals surface area (Å²) in [5.74, 6) is 0.631. The molecule has 8 nitrogen and oxygen atoms in total. The van der Waals surface area contributed by atoms with E-state index in [1.807, 2.05) is 39.0 Å². The molecule has 0 radical (unpaired) electrons. The van der Waals surface area contributed by atoms with Gasteiger partial charge in [0.05, 0.1) is 23.6 Å². The number of aryl methyl sites for hydroxylation is 1. The fraction of sp³-hybridized carbons (Fsp3) is 0.579. The van der Waals surface area contributed by atoms with Crippen molar-refractivity contribution < 1.29 is 27.5 Å². The number of rotatable bonds is 5. The predicted octanol–water partition coefficient (Wildman–Crippen LogP) is 6.88. The summed E-state index contributed by atoms with van der Waals surface area (Å²) in [5.41, 5.74) is 3.28. The number of ketones is 1. The quantitative estimate of drug-likeness (QED) is 0.340. The van der Waals surface area contributed by atoms with Gasteiger partial charge in [-0.2, -0.15) is 0 Å². The molecule has 0 saturated heterocycles. The zero-order chi connectivity index (χ0) is 34.2. The first-order valence-electron chi connectivity index (χ1n) is 17.5. The SMILES string of the molecule is CC(C)CC(=O)CO[C@H]1/C=C/C[C@H](C)[C@@H](C)S(=O)(=O)NC(=O)c2ccc3c(c2)N(C[C@@H]2CC[C@H]21)C[C@@]1(CCCc2cc(Cl)ccc21)CO3. The zero-order valence-electron chi connectivity index (χ0n) is 28.5. The minimum atomic E-state index is -3.96. The van der Waals surface area contributed by atoms with E-state index in [-0.39, 0.29) is 47.2 Å². The van der Waals surface area contributed by atoms with Crippen molar-refractivity contribution in [3.05, 3.63) is 70.3 Å². The maximum Gasteiger partial charge on any atom is 0.264 e. The van der Waals surface area contributed by atoms with Gasteiger partial charge in [-0.25, -0.2) is 13.1 Å². The predicted molar refractivity (Wildman–Crippen MR) is 189 cm³/mol. The number of fused-ring (bicyclic) bond motifs is 4. The fourth-order valence-electron chi connectivity index (χ4n) is 8.02. The number of ether oxygens (including phenoxy) is 2. The van der Waals surface area contributed by atoms with E-state index in [0.29, 0.717) is 37.7 Å². The Morgan fingerprint density at radius 2 is 1.98 bits per heavy atom. The van der Waals surface area contributed by atoms with Crippen molar-refractivity contribution in [1.82, 2.24) is 4.72 Å². The van der Waals surface area contributed by atoms with Crippen LogP contribution in [0.5, 0.6) is 5.75 Å². The molecule has 260 valence electrons. The summed E-state index contributed by atoms with van der Waals surface area (Å²) in [5, 5.41) is -0.0749. The van der Waals surface area contributed by atoms with Gasteiger partial charge in [0, 0.05) is 35.5 Å². The third kappa shape index (κ3) is 7.34. The van der Waals surface area contributed by atoms with Crippen molar-refractivity contribution in [3.8, 4) is 5.75 Å². The second-order valence-corrected chi connectivity index (χ2v) is 17.5. The van der Waals surface area contributed by atoms with Gasteiger partial charge in [-0.3, -0.25) is 9.59 Å². The molecule has 10 heteroatoms. The zero-order valence-corrected chi connectivity index (χ0v) is 30.1. The molecule has 6 atom stereocenters. The van der Waals surface area contributed by atoms with Crippen molar-refractivity contribution in [3.63, 3.8) is 0 Å².